The van der Waals surface area contributed by atoms with Gasteiger partial charge in [0, 0.05) is 11.3 Å². The molecule has 0 aliphatic heterocycles. The van der Waals surface area contributed by atoms with Crippen LogP contribution in [0.1, 0.15) is 15.9 Å². The van der Waals surface area contributed by atoms with Crippen LogP contribution in [-0.4, -0.2) is 5.91 Å². The van der Waals surface area contributed by atoms with Gasteiger partial charge in [-0.05, 0) is 30.3 Å². The number of nitriles is 1. The fraction of sp³-hybridized carbons (Fsp3) is 0. The molecular formula is C14H8Cl3N3O. The average Bonchev–Trinajstić information content (AvgIpc) is 2.46. The summed E-state index contributed by atoms with van der Waals surface area (Å²) in [7, 11) is 0. The zero-order valence-electron chi connectivity index (χ0n) is 10.5. The first-order valence-corrected chi connectivity index (χ1v) is 6.81. The Bertz CT molecular complexity index is 746. The molecule has 0 saturated carbocycles. The lowest BCUT2D eigenvalue weighted by atomic mass is 10.1. The molecule has 0 unspecified atom stereocenters. The minimum absolute atomic E-state index is 0.196. The molecule has 0 atom stereocenters. The van der Waals surface area contributed by atoms with Gasteiger partial charge in [-0.1, -0.05) is 34.8 Å². The maximum Gasteiger partial charge on any atom is 0.255 e. The van der Waals surface area contributed by atoms with Crippen molar-refractivity contribution in [3.8, 4) is 6.07 Å². The fourth-order valence-corrected chi connectivity index (χ4v) is 2.25. The molecule has 0 spiro atoms. The van der Waals surface area contributed by atoms with Crippen molar-refractivity contribution >= 4 is 52.1 Å². The topological polar surface area (TPSA) is 78.9 Å². The number of amides is 1. The second kappa shape index (κ2) is 6.23. The third-order valence-electron chi connectivity index (χ3n) is 2.69. The molecule has 1 amide bonds. The molecule has 0 aromatic heterocycles. The first kappa shape index (κ1) is 15.5. The van der Waals surface area contributed by atoms with Crippen molar-refractivity contribution in [2.24, 2.45) is 0 Å². The van der Waals surface area contributed by atoms with E-state index in [4.69, 9.17) is 45.8 Å². The molecule has 0 aliphatic rings. The molecule has 0 aliphatic carbocycles. The summed E-state index contributed by atoms with van der Waals surface area (Å²) in [5.41, 5.74) is 6.79. The Morgan fingerprint density at radius 2 is 1.71 bits per heavy atom. The summed E-state index contributed by atoms with van der Waals surface area (Å²) < 4.78 is 0. The van der Waals surface area contributed by atoms with E-state index in [0.717, 1.165) is 0 Å². The molecule has 7 heteroatoms. The van der Waals surface area contributed by atoms with Crippen LogP contribution in [0.3, 0.4) is 0 Å². The van der Waals surface area contributed by atoms with Crippen molar-refractivity contribution in [2.75, 3.05) is 11.1 Å². The SMILES string of the molecule is N#Cc1cc(NC(=O)c2cc(Cl)c(N)c(Cl)c2)ccc1Cl. The zero-order valence-corrected chi connectivity index (χ0v) is 12.7. The highest BCUT2D eigenvalue weighted by Crippen LogP contribution is 2.29. The van der Waals surface area contributed by atoms with E-state index < -0.39 is 5.91 Å². The summed E-state index contributed by atoms with van der Waals surface area (Å²) >= 11 is 17.6. The summed E-state index contributed by atoms with van der Waals surface area (Å²) in [5, 5.41) is 12.2. The van der Waals surface area contributed by atoms with Crippen LogP contribution in [0.2, 0.25) is 15.1 Å². The Morgan fingerprint density at radius 1 is 1.10 bits per heavy atom. The van der Waals surface area contributed by atoms with E-state index >= 15 is 0 Å². The Morgan fingerprint density at radius 3 is 2.29 bits per heavy atom. The molecule has 0 radical (unpaired) electrons. The van der Waals surface area contributed by atoms with Gasteiger partial charge in [0.05, 0.1) is 26.3 Å². The predicted octanol–water partition coefficient (Wildman–Crippen LogP) is 4.35. The molecule has 2 aromatic rings. The highest BCUT2D eigenvalue weighted by Gasteiger charge is 2.12. The minimum Gasteiger partial charge on any atom is -0.396 e. The average molecular weight is 341 g/mol. The Balaban J connectivity index is 2.28. The van der Waals surface area contributed by atoms with Crippen LogP contribution < -0.4 is 11.1 Å². The van der Waals surface area contributed by atoms with Crippen LogP contribution in [0.4, 0.5) is 11.4 Å². The summed E-state index contributed by atoms with van der Waals surface area (Å²) in [5.74, 6) is -0.426. The Kier molecular flexibility index (Phi) is 4.59. The van der Waals surface area contributed by atoms with Crippen LogP contribution in [0.5, 0.6) is 0 Å². The number of nitrogens with zero attached hydrogens (tertiary/aromatic N) is 1. The smallest absolute Gasteiger partial charge is 0.255 e. The molecule has 106 valence electrons. The number of anilines is 2. The van der Waals surface area contributed by atoms with E-state index in [9.17, 15) is 4.79 Å². The van der Waals surface area contributed by atoms with Crippen molar-refractivity contribution in [3.63, 3.8) is 0 Å². The van der Waals surface area contributed by atoms with Crippen molar-refractivity contribution in [1.29, 1.82) is 5.26 Å². The molecular weight excluding hydrogens is 333 g/mol. The minimum atomic E-state index is -0.426. The van der Waals surface area contributed by atoms with Crippen LogP contribution in [0, 0.1) is 11.3 Å². The lowest BCUT2D eigenvalue weighted by Gasteiger charge is -2.08. The number of rotatable bonds is 2. The van der Waals surface area contributed by atoms with Crippen LogP contribution in [0.25, 0.3) is 0 Å². The zero-order chi connectivity index (χ0) is 15.6. The number of nitrogen functional groups attached to an aromatic ring is 1. The van der Waals surface area contributed by atoms with E-state index in [1.807, 2.05) is 6.07 Å². The Labute approximate surface area is 136 Å². The number of nitrogens with two attached hydrogens (primary N) is 1. The molecule has 0 saturated heterocycles. The maximum atomic E-state index is 12.1. The number of hydrogen-bond donors (Lipinski definition) is 2. The van der Waals surface area contributed by atoms with Crippen molar-refractivity contribution < 1.29 is 4.79 Å². The second-order valence-corrected chi connectivity index (χ2v) is 5.34. The lowest BCUT2D eigenvalue weighted by molar-refractivity contribution is 0.102. The second-order valence-electron chi connectivity index (χ2n) is 4.11. The monoisotopic (exact) mass is 339 g/mol. The lowest BCUT2D eigenvalue weighted by Crippen LogP contribution is -2.12. The van der Waals surface area contributed by atoms with E-state index in [0.29, 0.717) is 10.7 Å². The van der Waals surface area contributed by atoms with E-state index in [1.165, 1.54) is 24.3 Å². The molecule has 0 fully saturated rings. The highest BCUT2D eigenvalue weighted by atomic mass is 35.5. The third kappa shape index (κ3) is 3.40. The predicted molar refractivity (Wildman–Crippen MR) is 85.0 cm³/mol. The largest absolute Gasteiger partial charge is 0.396 e. The highest BCUT2D eigenvalue weighted by molar-refractivity contribution is 6.39. The van der Waals surface area contributed by atoms with Gasteiger partial charge in [0.15, 0.2) is 0 Å². The third-order valence-corrected chi connectivity index (χ3v) is 3.64. The van der Waals surface area contributed by atoms with E-state index in [-0.39, 0.29) is 26.9 Å². The van der Waals surface area contributed by atoms with Crippen LogP contribution >= 0.6 is 34.8 Å². The summed E-state index contributed by atoms with van der Waals surface area (Å²) in [6.45, 7) is 0. The number of halogens is 3. The first-order valence-electron chi connectivity index (χ1n) is 5.68. The van der Waals surface area contributed by atoms with Gasteiger partial charge in [0.1, 0.15) is 6.07 Å². The van der Waals surface area contributed by atoms with E-state index in [2.05, 4.69) is 5.32 Å². The van der Waals surface area contributed by atoms with Crippen molar-refractivity contribution in [2.45, 2.75) is 0 Å². The van der Waals surface area contributed by atoms with Crippen molar-refractivity contribution in [3.05, 3.63) is 56.5 Å². The first-order chi connectivity index (χ1) is 9.92. The summed E-state index contributed by atoms with van der Waals surface area (Å²) in [6.07, 6.45) is 0. The molecule has 2 rings (SSSR count). The van der Waals surface area contributed by atoms with Gasteiger partial charge in [-0.3, -0.25) is 4.79 Å². The molecule has 4 nitrogen and oxygen atoms in total. The van der Waals surface area contributed by atoms with Gasteiger partial charge in [-0.2, -0.15) is 5.26 Å². The number of benzene rings is 2. The molecule has 21 heavy (non-hydrogen) atoms. The van der Waals surface area contributed by atoms with Crippen molar-refractivity contribution in [1.82, 2.24) is 0 Å². The van der Waals surface area contributed by atoms with Crippen LogP contribution in [-0.2, 0) is 0 Å². The number of nitrogens with one attached hydrogen (secondary N) is 1. The van der Waals surface area contributed by atoms with Gasteiger partial charge in [0.2, 0.25) is 0 Å². The normalized spacial score (nSPS) is 10.0. The number of carbonyl (C=O) groups excluding carboxylic acids is 1. The number of hydrogen-bond acceptors (Lipinski definition) is 3. The summed E-state index contributed by atoms with van der Waals surface area (Å²) in [4.78, 5) is 12.1. The maximum absolute atomic E-state index is 12.1. The molecule has 3 N–H and O–H groups in total. The Hall–Kier alpha value is -1.93. The van der Waals surface area contributed by atoms with Gasteiger partial charge in [-0.25, -0.2) is 0 Å². The van der Waals surface area contributed by atoms with Gasteiger partial charge < -0.3 is 11.1 Å². The quantitative estimate of drug-likeness (QED) is 0.797. The van der Waals surface area contributed by atoms with Crippen LogP contribution in [0.15, 0.2) is 30.3 Å². The summed E-state index contributed by atoms with van der Waals surface area (Å²) in [6, 6.07) is 9.35. The standard InChI is InChI=1S/C14H8Cl3N3O/c15-10-2-1-9(3-8(10)6-18)20-14(21)7-4-11(16)13(19)12(17)5-7/h1-5H,19H2,(H,20,21). The molecule has 2 aromatic carbocycles. The van der Waals surface area contributed by atoms with E-state index in [1.54, 1.807) is 6.07 Å². The van der Waals surface area contributed by atoms with Gasteiger partial charge >= 0.3 is 0 Å². The molecule has 0 bridgehead atoms. The molecule has 0 heterocycles. The fourth-order valence-electron chi connectivity index (χ4n) is 1.61. The van der Waals surface area contributed by atoms with Gasteiger partial charge in [0.25, 0.3) is 5.91 Å². The number of carbonyl (C=O) groups is 1. The van der Waals surface area contributed by atoms with Gasteiger partial charge in [-0.15, -0.1) is 0 Å².